The van der Waals surface area contributed by atoms with Crippen LogP contribution in [0.5, 0.6) is 0 Å². The van der Waals surface area contributed by atoms with Crippen molar-refractivity contribution in [1.29, 1.82) is 0 Å². The summed E-state index contributed by atoms with van der Waals surface area (Å²) in [5.41, 5.74) is 0.634. The predicted molar refractivity (Wildman–Crippen MR) is 76.3 cm³/mol. The van der Waals surface area contributed by atoms with Crippen molar-refractivity contribution in [1.82, 2.24) is 5.32 Å². The molecular formula is C13H18N2O3S. The molecule has 6 heteroatoms. The van der Waals surface area contributed by atoms with E-state index in [-0.39, 0.29) is 6.04 Å². The third-order valence-corrected chi connectivity index (χ3v) is 3.15. The second kappa shape index (κ2) is 7.81. The molecule has 0 saturated heterocycles. The molecule has 1 aromatic carbocycles. The zero-order chi connectivity index (χ0) is 14.3. The average Bonchev–Trinajstić information content (AvgIpc) is 2.39. The lowest BCUT2D eigenvalue weighted by atomic mass is 10.3. The minimum atomic E-state index is -0.676. The Balaban J connectivity index is 2.61. The molecule has 0 aliphatic heterocycles. The molecule has 0 bridgehead atoms. The molecule has 0 aliphatic rings. The Kier molecular flexibility index (Phi) is 6.38. The Labute approximate surface area is 117 Å². The molecule has 0 radical (unpaired) electrons. The second-order valence-corrected chi connectivity index (χ2v) is 4.83. The number of nitrogens with one attached hydrogen (secondary N) is 2. The molecule has 0 aliphatic carbocycles. The summed E-state index contributed by atoms with van der Waals surface area (Å²) in [5.74, 6) is -1.34. The number of para-hydroxylation sites is 1. The summed E-state index contributed by atoms with van der Waals surface area (Å²) in [6.45, 7) is 2.13. The number of thioether (sulfide) groups is 1. The van der Waals surface area contributed by atoms with Crippen molar-refractivity contribution in [3.63, 3.8) is 0 Å². The van der Waals surface area contributed by atoms with Gasteiger partial charge in [0.1, 0.15) is 0 Å². The maximum atomic E-state index is 11.7. The third-order valence-electron chi connectivity index (χ3n) is 2.36. The van der Waals surface area contributed by atoms with Gasteiger partial charge in [0.25, 0.3) is 0 Å². The number of methoxy groups -OCH3 is 1. The SMILES string of the molecule is COC[C@H](C)NC(=O)C(=O)Nc1ccccc1SC. The maximum Gasteiger partial charge on any atom is 0.313 e. The number of rotatable bonds is 5. The first-order chi connectivity index (χ1) is 9.08. The number of amides is 2. The normalized spacial score (nSPS) is 11.7. The van der Waals surface area contributed by atoms with Gasteiger partial charge in [0, 0.05) is 18.0 Å². The summed E-state index contributed by atoms with van der Waals surface area (Å²) in [7, 11) is 1.54. The molecular weight excluding hydrogens is 264 g/mol. The van der Waals surface area contributed by atoms with Crippen LogP contribution < -0.4 is 10.6 Å². The van der Waals surface area contributed by atoms with Gasteiger partial charge in [-0.3, -0.25) is 9.59 Å². The van der Waals surface area contributed by atoms with E-state index in [4.69, 9.17) is 4.74 Å². The Bertz CT molecular complexity index is 451. The number of anilines is 1. The van der Waals surface area contributed by atoms with E-state index in [1.165, 1.54) is 18.9 Å². The Morgan fingerprint density at radius 1 is 1.32 bits per heavy atom. The van der Waals surface area contributed by atoms with Gasteiger partial charge in [0.15, 0.2) is 0 Å². The molecule has 1 aromatic rings. The first-order valence-corrected chi connectivity index (χ1v) is 7.04. The molecule has 5 nitrogen and oxygen atoms in total. The Hall–Kier alpha value is -1.53. The fourth-order valence-electron chi connectivity index (χ4n) is 1.51. The quantitative estimate of drug-likeness (QED) is 0.634. The van der Waals surface area contributed by atoms with Gasteiger partial charge in [0.05, 0.1) is 12.3 Å². The van der Waals surface area contributed by atoms with Crippen LogP contribution in [0.2, 0.25) is 0 Å². The number of ether oxygens (including phenoxy) is 1. The predicted octanol–water partition coefficient (Wildman–Crippen LogP) is 1.50. The summed E-state index contributed by atoms with van der Waals surface area (Å²) >= 11 is 1.50. The van der Waals surface area contributed by atoms with E-state index in [1.54, 1.807) is 19.1 Å². The number of carbonyl (C=O) groups excluding carboxylic acids is 2. The van der Waals surface area contributed by atoms with Crippen molar-refractivity contribution in [3.05, 3.63) is 24.3 Å². The van der Waals surface area contributed by atoms with Crippen molar-refractivity contribution in [2.75, 3.05) is 25.3 Å². The highest BCUT2D eigenvalue weighted by molar-refractivity contribution is 7.98. The first-order valence-electron chi connectivity index (χ1n) is 5.82. The summed E-state index contributed by atoms with van der Waals surface area (Å²) < 4.78 is 4.89. The molecule has 104 valence electrons. The van der Waals surface area contributed by atoms with Crippen LogP contribution in [0.3, 0.4) is 0 Å². The summed E-state index contributed by atoms with van der Waals surface area (Å²) in [6, 6.07) is 7.11. The lowest BCUT2D eigenvalue weighted by molar-refractivity contribution is -0.136. The lowest BCUT2D eigenvalue weighted by Gasteiger charge is -2.13. The minimum absolute atomic E-state index is 0.209. The highest BCUT2D eigenvalue weighted by Gasteiger charge is 2.17. The van der Waals surface area contributed by atoms with Crippen LogP contribution >= 0.6 is 11.8 Å². The number of benzene rings is 1. The number of carbonyl (C=O) groups is 2. The fraction of sp³-hybridized carbons (Fsp3) is 0.385. The molecule has 0 aromatic heterocycles. The standard InChI is InChI=1S/C13H18N2O3S/c1-9(8-18-2)14-12(16)13(17)15-10-6-4-5-7-11(10)19-3/h4-7,9H,8H2,1-3H3,(H,14,16)(H,15,17)/t9-/m0/s1. The van der Waals surface area contributed by atoms with Crippen LogP contribution in [0.1, 0.15) is 6.92 Å². The lowest BCUT2D eigenvalue weighted by Crippen LogP contribution is -2.42. The van der Waals surface area contributed by atoms with Gasteiger partial charge in [-0.25, -0.2) is 0 Å². The van der Waals surface area contributed by atoms with Crippen LogP contribution in [0.15, 0.2) is 29.2 Å². The maximum absolute atomic E-state index is 11.7. The largest absolute Gasteiger partial charge is 0.383 e. The zero-order valence-corrected chi connectivity index (χ0v) is 12.0. The molecule has 19 heavy (non-hydrogen) atoms. The third kappa shape index (κ3) is 4.92. The van der Waals surface area contributed by atoms with Gasteiger partial charge in [-0.15, -0.1) is 11.8 Å². The van der Waals surface area contributed by atoms with Gasteiger partial charge in [-0.1, -0.05) is 12.1 Å². The van der Waals surface area contributed by atoms with Gasteiger partial charge in [0.2, 0.25) is 0 Å². The molecule has 1 rings (SSSR count). The van der Waals surface area contributed by atoms with Gasteiger partial charge in [-0.05, 0) is 25.3 Å². The Morgan fingerprint density at radius 3 is 2.63 bits per heavy atom. The van der Waals surface area contributed by atoms with E-state index in [1.807, 2.05) is 18.4 Å². The van der Waals surface area contributed by atoms with Crippen molar-refractivity contribution < 1.29 is 14.3 Å². The van der Waals surface area contributed by atoms with Crippen molar-refractivity contribution in [2.24, 2.45) is 0 Å². The van der Waals surface area contributed by atoms with Crippen molar-refractivity contribution >= 4 is 29.3 Å². The van der Waals surface area contributed by atoms with Crippen LogP contribution in [0.25, 0.3) is 0 Å². The van der Waals surface area contributed by atoms with Crippen molar-refractivity contribution in [3.8, 4) is 0 Å². The summed E-state index contributed by atoms with van der Waals surface area (Å²) in [5, 5.41) is 5.15. The van der Waals surface area contributed by atoms with E-state index in [0.29, 0.717) is 12.3 Å². The second-order valence-electron chi connectivity index (χ2n) is 3.98. The molecule has 0 spiro atoms. The van der Waals surface area contributed by atoms with Crippen LogP contribution in [0.4, 0.5) is 5.69 Å². The number of hydrogen-bond donors (Lipinski definition) is 2. The topological polar surface area (TPSA) is 67.4 Å². The first kappa shape index (κ1) is 15.5. The summed E-state index contributed by atoms with van der Waals surface area (Å²) in [4.78, 5) is 24.3. The smallest absolute Gasteiger partial charge is 0.313 e. The van der Waals surface area contributed by atoms with E-state index >= 15 is 0 Å². The fourth-order valence-corrected chi connectivity index (χ4v) is 2.06. The molecule has 2 amide bonds. The van der Waals surface area contributed by atoms with Gasteiger partial charge < -0.3 is 15.4 Å². The van der Waals surface area contributed by atoms with E-state index < -0.39 is 11.8 Å². The molecule has 0 heterocycles. The average molecular weight is 282 g/mol. The van der Waals surface area contributed by atoms with E-state index in [9.17, 15) is 9.59 Å². The summed E-state index contributed by atoms with van der Waals surface area (Å²) in [6.07, 6.45) is 1.91. The zero-order valence-electron chi connectivity index (χ0n) is 11.2. The van der Waals surface area contributed by atoms with Gasteiger partial charge >= 0.3 is 11.8 Å². The van der Waals surface area contributed by atoms with E-state index in [0.717, 1.165) is 4.90 Å². The molecule has 1 atom stereocenters. The molecule has 0 fully saturated rings. The van der Waals surface area contributed by atoms with E-state index in [2.05, 4.69) is 10.6 Å². The van der Waals surface area contributed by atoms with Crippen LogP contribution in [-0.4, -0.2) is 37.8 Å². The highest BCUT2D eigenvalue weighted by atomic mass is 32.2. The number of hydrogen-bond acceptors (Lipinski definition) is 4. The Morgan fingerprint density at radius 2 is 2.00 bits per heavy atom. The van der Waals surface area contributed by atoms with Crippen LogP contribution in [-0.2, 0) is 14.3 Å². The molecule has 0 unspecified atom stereocenters. The molecule has 2 N–H and O–H groups in total. The monoisotopic (exact) mass is 282 g/mol. The van der Waals surface area contributed by atoms with Crippen LogP contribution in [0, 0.1) is 0 Å². The van der Waals surface area contributed by atoms with Crippen molar-refractivity contribution in [2.45, 2.75) is 17.9 Å². The molecule has 0 saturated carbocycles. The van der Waals surface area contributed by atoms with Gasteiger partial charge in [-0.2, -0.15) is 0 Å². The highest BCUT2D eigenvalue weighted by Crippen LogP contribution is 2.24. The minimum Gasteiger partial charge on any atom is -0.383 e.